The van der Waals surface area contributed by atoms with Crippen LogP contribution in [-0.2, 0) is 9.59 Å². The molecule has 1 N–H and O–H groups in total. The number of amides is 2. The summed E-state index contributed by atoms with van der Waals surface area (Å²) in [5.74, 6) is -0.511. The molecule has 1 aliphatic heterocycles. The number of benzene rings is 1. The fourth-order valence-corrected chi connectivity index (χ4v) is 2.09. The first-order valence-electron chi connectivity index (χ1n) is 5.87. The minimum absolute atomic E-state index is 0.0449. The normalized spacial score (nSPS) is 24.0. The van der Waals surface area contributed by atoms with Crippen LogP contribution in [0.4, 0.5) is 4.39 Å². The van der Waals surface area contributed by atoms with E-state index in [2.05, 4.69) is 5.32 Å². The van der Waals surface area contributed by atoms with Gasteiger partial charge in [-0.25, -0.2) is 4.39 Å². The molecule has 2 amide bonds. The first-order valence-corrected chi connectivity index (χ1v) is 5.87. The summed E-state index contributed by atoms with van der Waals surface area (Å²) in [6.07, 6.45) is 0. The Morgan fingerprint density at radius 3 is 2.56 bits per heavy atom. The predicted molar refractivity (Wildman–Crippen MR) is 64.5 cm³/mol. The lowest BCUT2D eigenvalue weighted by Gasteiger charge is -2.37. The van der Waals surface area contributed by atoms with Gasteiger partial charge in [-0.3, -0.25) is 9.59 Å². The minimum Gasteiger partial charge on any atom is -0.339 e. The van der Waals surface area contributed by atoms with Crippen molar-refractivity contribution < 1.29 is 14.0 Å². The second kappa shape index (κ2) is 5.16. The zero-order chi connectivity index (χ0) is 13.1. The van der Waals surface area contributed by atoms with E-state index < -0.39 is 18.8 Å². The van der Waals surface area contributed by atoms with Gasteiger partial charge in [0.1, 0.15) is 18.8 Å². The van der Waals surface area contributed by atoms with Gasteiger partial charge in [-0.1, -0.05) is 30.3 Å². The van der Waals surface area contributed by atoms with Crippen molar-refractivity contribution in [3.8, 4) is 0 Å². The zero-order valence-electron chi connectivity index (χ0n) is 10.1. The molecule has 1 aliphatic rings. The summed E-state index contributed by atoms with van der Waals surface area (Å²) in [6, 6.07) is 7.65. The quantitative estimate of drug-likeness (QED) is 0.871. The average molecular weight is 250 g/mol. The van der Waals surface area contributed by atoms with E-state index >= 15 is 0 Å². The van der Waals surface area contributed by atoms with E-state index in [1.165, 1.54) is 4.90 Å². The highest BCUT2D eigenvalue weighted by Gasteiger charge is 2.38. The number of rotatable bonds is 3. The topological polar surface area (TPSA) is 49.4 Å². The number of alkyl halides is 1. The Morgan fingerprint density at radius 2 is 1.94 bits per heavy atom. The fourth-order valence-electron chi connectivity index (χ4n) is 2.09. The average Bonchev–Trinajstić information content (AvgIpc) is 2.40. The third-order valence-electron chi connectivity index (χ3n) is 3.12. The lowest BCUT2D eigenvalue weighted by atomic mass is 10.0. The van der Waals surface area contributed by atoms with Gasteiger partial charge in [-0.15, -0.1) is 0 Å². The summed E-state index contributed by atoms with van der Waals surface area (Å²) >= 11 is 0. The van der Waals surface area contributed by atoms with Crippen molar-refractivity contribution in [2.75, 3.05) is 13.2 Å². The van der Waals surface area contributed by atoms with Crippen molar-refractivity contribution >= 4 is 11.8 Å². The van der Waals surface area contributed by atoms with Crippen LogP contribution < -0.4 is 5.32 Å². The molecule has 1 aromatic rings. The Morgan fingerprint density at radius 1 is 1.28 bits per heavy atom. The van der Waals surface area contributed by atoms with Crippen LogP contribution >= 0.6 is 0 Å². The van der Waals surface area contributed by atoms with E-state index in [4.69, 9.17) is 0 Å². The molecule has 1 heterocycles. The Hall–Kier alpha value is -1.91. The molecular weight excluding hydrogens is 235 g/mol. The molecule has 2 rings (SSSR count). The van der Waals surface area contributed by atoms with Crippen LogP contribution in [-0.4, -0.2) is 36.0 Å². The number of nitrogens with one attached hydrogen (secondary N) is 1. The predicted octanol–water partition coefficient (Wildman–Crippen LogP) is 1.04. The van der Waals surface area contributed by atoms with Gasteiger partial charge in [0.15, 0.2) is 0 Å². The zero-order valence-corrected chi connectivity index (χ0v) is 10.1. The highest BCUT2D eigenvalue weighted by molar-refractivity contribution is 5.97. The molecule has 0 radical (unpaired) electrons. The van der Waals surface area contributed by atoms with Gasteiger partial charge in [0.25, 0.3) is 5.91 Å². The second-order valence-electron chi connectivity index (χ2n) is 4.25. The molecule has 1 aromatic carbocycles. The first kappa shape index (κ1) is 12.5. The summed E-state index contributed by atoms with van der Waals surface area (Å²) in [5.41, 5.74) is 0.714. The molecule has 5 heteroatoms. The molecule has 0 saturated carbocycles. The minimum atomic E-state index is -0.707. The molecule has 1 fully saturated rings. The largest absolute Gasteiger partial charge is 0.339 e. The van der Waals surface area contributed by atoms with E-state index in [1.54, 1.807) is 31.2 Å². The summed E-state index contributed by atoms with van der Waals surface area (Å²) < 4.78 is 12.5. The van der Waals surface area contributed by atoms with E-state index in [-0.39, 0.29) is 18.4 Å². The first-order chi connectivity index (χ1) is 8.65. The Labute approximate surface area is 105 Å². The third-order valence-corrected chi connectivity index (χ3v) is 3.12. The molecule has 0 aromatic heterocycles. The van der Waals surface area contributed by atoms with Gasteiger partial charge in [0.2, 0.25) is 5.91 Å². The number of piperazine rings is 1. The highest BCUT2D eigenvalue weighted by Crippen LogP contribution is 2.21. The summed E-state index contributed by atoms with van der Waals surface area (Å²) in [7, 11) is 0. The van der Waals surface area contributed by atoms with Crippen molar-refractivity contribution in [3.63, 3.8) is 0 Å². The van der Waals surface area contributed by atoms with E-state index in [1.807, 2.05) is 6.07 Å². The molecule has 1 saturated heterocycles. The SMILES string of the molecule is CC1C(=O)NC(c2ccccc2)C(=O)N1CCF. The fraction of sp³-hybridized carbons (Fsp3) is 0.385. The maximum Gasteiger partial charge on any atom is 0.250 e. The van der Waals surface area contributed by atoms with Crippen LogP contribution in [0.25, 0.3) is 0 Å². The maximum atomic E-state index is 12.5. The smallest absolute Gasteiger partial charge is 0.250 e. The summed E-state index contributed by atoms with van der Waals surface area (Å²) in [4.78, 5) is 25.3. The number of hydrogen-bond acceptors (Lipinski definition) is 2. The van der Waals surface area contributed by atoms with Crippen LogP contribution in [0.2, 0.25) is 0 Å². The van der Waals surface area contributed by atoms with Gasteiger partial charge in [0.05, 0.1) is 0 Å². The Balaban J connectivity index is 2.27. The van der Waals surface area contributed by atoms with Crippen LogP contribution in [0.3, 0.4) is 0 Å². The number of hydrogen-bond donors (Lipinski definition) is 1. The third kappa shape index (κ3) is 2.20. The molecule has 96 valence electrons. The van der Waals surface area contributed by atoms with Crippen molar-refractivity contribution in [1.82, 2.24) is 10.2 Å². The maximum absolute atomic E-state index is 12.5. The highest BCUT2D eigenvalue weighted by atomic mass is 19.1. The van der Waals surface area contributed by atoms with E-state index in [9.17, 15) is 14.0 Å². The summed E-state index contributed by atoms with van der Waals surface area (Å²) in [6.45, 7) is 0.908. The van der Waals surface area contributed by atoms with Gasteiger partial charge < -0.3 is 10.2 Å². The van der Waals surface area contributed by atoms with Gasteiger partial charge >= 0.3 is 0 Å². The lowest BCUT2D eigenvalue weighted by Crippen LogP contribution is -2.58. The van der Waals surface area contributed by atoms with Crippen LogP contribution in [0.5, 0.6) is 0 Å². The number of carbonyl (C=O) groups excluding carboxylic acids is 2. The molecular formula is C13H15FN2O2. The molecule has 2 unspecified atom stereocenters. The van der Waals surface area contributed by atoms with Crippen molar-refractivity contribution in [2.45, 2.75) is 19.0 Å². The van der Waals surface area contributed by atoms with E-state index in [0.717, 1.165) is 0 Å². The molecule has 0 aliphatic carbocycles. The van der Waals surface area contributed by atoms with Crippen molar-refractivity contribution in [2.24, 2.45) is 0 Å². The van der Waals surface area contributed by atoms with Crippen molar-refractivity contribution in [3.05, 3.63) is 35.9 Å². The van der Waals surface area contributed by atoms with Gasteiger partial charge in [0, 0.05) is 6.54 Å². The number of nitrogens with zero attached hydrogens (tertiary/aromatic N) is 1. The summed E-state index contributed by atoms with van der Waals surface area (Å²) in [5, 5.41) is 2.67. The Kier molecular flexibility index (Phi) is 3.60. The molecule has 4 nitrogen and oxygen atoms in total. The molecule has 2 atom stereocenters. The number of carbonyl (C=O) groups is 2. The standard InChI is InChI=1S/C13H15FN2O2/c1-9-12(17)15-11(10-5-3-2-4-6-10)13(18)16(9)8-7-14/h2-6,9,11H,7-8H2,1H3,(H,15,17). The van der Waals surface area contributed by atoms with Crippen LogP contribution in [0.15, 0.2) is 30.3 Å². The van der Waals surface area contributed by atoms with Crippen LogP contribution in [0.1, 0.15) is 18.5 Å². The monoisotopic (exact) mass is 250 g/mol. The van der Waals surface area contributed by atoms with Gasteiger partial charge in [-0.2, -0.15) is 0 Å². The molecule has 0 spiro atoms. The van der Waals surface area contributed by atoms with E-state index in [0.29, 0.717) is 5.56 Å². The number of halogens is 1. The molecule has 18 heavy (non-hydrogen) atoms. The van der Waals surface area contributed by atoms with Crippen molar-refractivity contribution in [1.29, 1.82) is 0 Å². The van der Waals surface area contributed by atoms with Gasteiger partial charge in [-0.05, 0) is 12.5 Å². The van der Waals surface area contributed by atoms with Crippen LogP contribution in [0, 0.1) is 0 Å². The second-order valence-corrected chi connectivity index (χ2v) is 4.25. The molecule has 0 bridgehead atoms. The Bertz CT molecular complexity index is 450. The lowest BCUT2D eigenvalue weighted by molar-refractivity contribution is -0.149.